The van der Waals surface area contributed by atoms with Gasteiger partial charge in [-0.2, -0.15) is 0 Å². The molecule has 2 fully saturated rings. The predicted molar refractivity (Wildman–Crippen MR) is 103 cm³/mol. The van der Waals surface area contributed by atoms with Crippen LogP contribution in [0.4, 0.5) is 0 Å². The van der Waals surface area contributed by atoms with Gasteiger partial charge in [-0.1, -0.05) is 42.7 Å². The quantitative estimate of drug-likeness (QED) is 0.850. The van der Waals surface area contributed by atoms with E-state index in [9.17, 15) is 9.59 Å². The van der Waals surface area contributed by atoms with Crippen molar-refractivity contribution in [2.75, 3.05) is 32.7 Å². The van der Waals surface area contributed by atoms with Gasteiger partial charge in [0, 0.05) is 32.6 Å². The third-order valence-electron chi connectivity index (χ3n) is 5.51. The van der Waals surface area contributed by atoms with Gasteiger partial charge in [-0.25, -0.2) is 0 Å². The van der Waals surface area contributed by atoms with Crippen molar-refractivity contribution >= 4 is 11.8 Å². The van der Waals surface area contributed by atoms with Crippen LogP contribution in [0.5, 0.6) is 0 Å². The van der Waals surface area contributed by atoms with Gasteiger partial charge >= 0.3 is 0 Å². The molecule has 26 heavy (non-hydrogen) atoms. The molecule has 0 saturated carbocycles. The maximum absolute atomic E-state index is 12.4. The molecular weight excluding hydrogens is 326 g/mol. The van der Waals surface area contributed by atoms with E-state index < -0.39 is 0 Å². The molecule has 0 spiro atoms. The first kappa shape index (κ1) is 18.9. The summed E-state index contributed by atoms with van der Waals surface area (Å²) in [6, 6.07) is 8.22. The molecule has 5 heteroatoms. The van der Waals surface area contributed by atoms with Crippen LogP contribution in [0.3, 0.4) is 0 Å². The van der Waals surface area contributed by atoms with Crippen molar-refractivity contribution in [2.24, 2.45) is 5.92 Å². The molecule has 2 amide bonds. The fourth-order valence-electron chi connectivity index (χ4n) is 3.86. The molecule has 2 aliphatic rings. The molecule has 1 atom stereocenters. The molecular formula is C21H31N3O2. The largest absolute Gasteiger partial charge is 0.355 e. The van der Waals surface area contributed by atoms with E-state index in [0.29, 0.717) is 26.1 Å². The normalized spacial score (nSPS) is 21.7. The summed E-state index contributed by atoms with van der Waals surface area (Å²) < 4.78 is 0. The second-order valence-corrected chi connectivity index (χ2v) is 7.71. The molecule has 1 aromatic carbocycles. The fourth-order valence-corrected chi connectivity index (χ4v) is 3.86. The molecule has 1 aromatic rings. The highest BCUT2D eigenvalue weighted by molar-refractivity contribution is 5.89. The number of carbonyl (C=O) groups is 2. The maximum Gasteiger partial charge on any atom is 0.225 e. The lowest BCUT2D eigenvalue weighted by atomic mass is 10.1. The van der Waals surface area contributed by atoms with Crippen molar-refractivity contribution in [1.29, 1.82) is 0 Å². The first-order valence-electron chi connectivity index (χ1n) is 9.95. The Bertz CT molecular complexity index is 606. The van der Waals surface area contributed by atoms with E-state index in [1.54, 1.807) is 0 Å². The lowest BCUT2D eigenvalue weighted by molar-refractivity contribution is -0.129. The summed E-state index contributed by atoms with van der Waals surface area (Å²) in [6.07, 6.45) is 5.51. The van der Waals surface area contributed by atoms with E-state index in [0.717, 1.165) is 25.2 Å². The number of nitrogens with zero attached hydrogens (tertiary/aromatic N) is 2. The zero-order chi connectivity index (χ0) is 18.4. The number of carbonyl (C=O) groups excluding carboxylic acids is 2. The Kier molecular flexibility index (Phi) is 6.67. The van der Waals surface area contributed by atoms with E-state index in [2.05, 4.69) is 41.4 Å². The summed E-state index contributed by atoms with van der Waals surface area (Å²) in [5.41, 5.74) is 2.33. The van der Waals surface area contributed by atoms with E-state index in [1.165, 1.54) is 31.2 Å². The third-order valence-corrected chi connectivity index (χ3v) is 5.51. The molecule has 0 bridgehead atoms. The Labute approximate surface area is 156 Å². The molecule has 5 nitrogen and oxygen atoms in total. The highest BCUT2D eigenvalue weighted by Gasteiger charge is 2.34. The molecule has 2 saturated heterocycles. The summed E-state index contributed by atoms with van der Waals surface area (Å²) in [5.74, 6) is -0.102. The zero-order valence-corrected chi connectivity index (χ0v) is 15.9. The van der Waals surface area contributed by atoms with Gasteiger partial charge < -0.3 is 15.1 Å². The van der Waals surface area contributed by atoms with Crippen LogP contribution >= 0.6 is 0 Å². The average Bonchev–Trinajstić information content (AvgIpc) is 2.83. The van der Waals surface area contributed by atoms with Crippen LogP contribution in [0.15, 0.2) is 24.3 Å². The van der Waals surface area contributed by atoms with Crippen molar-refractivity contribution in [2.45, 2.75) is 45.6 Å². The number of rotatable bonds is 6. The number of benzene rings is 1. The Morgan fingerprint density at radius 1 is 1.12 bits per heavy atom. The molecule has 0 aliphatic carbocycles. The molecule has 0 radical (unpaired) electrons. The number of hydrogen-bond donors (Lipinski definition) is 1. The minimum absolute atomic E-state index is 0.0274. The second-order valence-electron chi connectivity index (χ2n) is 7.71. The summed E-state index contributed by atoms with van der Waals surface area (Å²) >= 11 is 0. The number of aryl methyl sites for hydroxylation is 1. The standard InChI is InChI=1S/C21H31N3O2/c1-17-6-8-18(9-7-17)15-24-16-19(14-20(24)25)21(26)22-10-13-23-11-4-2-3-5-12-23/h6-9,19H,2-5,10-16H2,1H3,(H,22,26). The van der Waals surface area contributed by atoms with Crippen molar-refractivity contribution in [3.05, 3.63) is 35.4 Å². The second kappa shape index (κ2) is 9.17. The molecule has 3 rings (SSSR count). The van der Waals surface area contributed by atoms with Gasteiger partial charge in [0.15, 0.2) is 0 Å². The van der Waals surface area contributed by atoms with Gasteiger partial charge in [0.2, 0.25) is 11.8 Å². The minimum atomic E-state index is -0.211. The predicted octanol–water partition coefficient (Wildman–Crippen LogP) is 2.34. The van der Waals surface area contributed by atoms with Crippen LogP contribution in [-0.4, -0.2) is 54.3 Å². The van der Waals surface area contributed by atoms with Crippen LogP contribution in [-0.2, 0) is 16.1 Å². The first-order valence-corrected chi connectivity index (χ1v) is 9.95. The average molecular weight is 357 g/mol. The molecule has 1 unspecified atom stereocenters. The minimum Gasteiger partial charge on any atom is -0.355 e. The van der Waals surface area contributed by atoms with Gasteiger partial charge in [0.25, 0.3) is 0 Å². The van der Waals surface area contributed by atoms with Crippen LogP contribution < -0.4 is 5.32 Å². The van der Waals surface area contributed by atoms with E-state index in [-0.39, 0.29) is 17.7 Å². The number of nitrogens with one attached hydrogen (secondary N) is 1. The van der Waals surface area contributed by atoms with E-state index in [1.807, 2.05) is 4.90 Å². The van der Waals surface area contributed by atoms with Gasteiger partial charge in [-0.05, 0) is 38.4 Å². The summed E-state index contributed by atoms with van der Waals surface area (Å²) in [6.45, 7) is 7.06. The Hall–Kier alpha value is -1.88. The van der Waals surface area contributed by atoms with Crippen LogP contribution in [0.25, 0.3) is 0 Å². The summed E-state index contributed by atoms with van der Waals surface area (Å²) in [7, 11) is 0. The van der Waals surface area contributed by atoms with Crippen molar-refractivity contribution in [3.8, 4) is 0 Å². The number of amides is 2. The van der Waals surface area contributed by atoms with Crippen molar-refractivity contribution < 1.29 is 9.59 Å². The third kappa shape index (κ3) is 5.31. The van der Waals surface area contributed by atoms with Crippen LogP contribution in [0.2, 0.25) is 0 Å². The van der Waals surface area contributed by atoms with Crippen LogP contribution in [0.1, 0.15) is 43.2 Å². The zero-order valence-electron chi connectivity index (χ0n) is 15.9. The molecule has 142 valence electrons. The lowest BCUT2D eigenvalue weighted by Gasteiger charge is -2.20. The molecule has 2 heterocycles. The maximum atomic E-state index is 12.4. The number of hydrogen-bond acceptors (Lipinski definition) is 3. The van der Waals surface area contributed by atoms with E-state index in [4.69, 9.17) is 0 Å². The van der Waals surface area contributed by atoms with Crippen molar-refractivity contribution in [1.82, 2.24) is 15.1 Å². The Balaban J connectivity index is 1.42. The van der Waals surface area contributed by atoms with Gasteiger partial charge in [-0.3, -0.25) is 9.59 Å². The van der Waals surface area contributed by atoms with Crippen molar-refractivity contribution in [3.63, 3.8) is 0 Å². The van der Waals surface area contributed by atoms with Gasteiger partial charge in [0.05, 0.1) is 5.92 Å². The molecule has 1 N–H and O–H groups in total. The topological polar surface area (TPSA) is 52.7 Å². The monoisotopic (exact) mass is 357 g/mol. The summed E-state index contributed by atoms with van der Waals surface area (Å²) in [5, 5.41) is 3.05. The molecule has 2 aliphatic heterocycles. The number of likely N-dealkylation sites (tertiary alicyclic amines) is 2. The van der Waals surface area contributed by atoms with Gasteiger partial charge in [-0.15, -0.1) is 0 Å². The first-order chi connectivity index (χ1) is 12.6. The Morgan fingerprint density at radius 2 is 1.81 bits per heavy atom. The smallest absolute Gasteiger partial charge is 0.225 e. The SMILES string of the molecule is Cc1ccc(CN2CC(C(=O)NCCN3CCCCCC3)CC2=O)cc1. The van der Waals surface area contributed by atoms with Gasteiger partial charge in [0.1, 0.15) is 0 Å². The van der Waals surface area contributed by atoms with E-state index >= 15 is 0 Å². The Morgan fingerprint density at radius 3 is 2.50 bits per heavy atom. The molecule has 0 aromatic heterocycles. The van der Waals surface area contributed by atoms with Crippen LogP contribution in [0, 0.1) is 12.8 Å². The fraction of sp³-hybridized carbons (Fsp3) is 0.619. The lowest BCUT2D eigenvalue weighted by Crippen LogP contribution is -2.38. The highest BCUT2D eigenvalue weighted by Crippen LogP contribution is 2.20. The highest BCUT2D eigenvalue weighted by atomic mass is 16.2. The summed E-state index contributed by atoms with van der Waals surface area (Å²) in [4.78, 5) is 28.9.